The lowest BCUT2D eigenvalue weighted by molar-refractivity contribution is -0.0695. The fourth-order valence-corrected chi connectivity index (χ4v) is 0. The summed E-state index contributed by atoms with van der Waals surface area (Å²) >= 11 is 0. The lowest BCUT2D eigenvalue weighted by Gasteiger charge is -2.13. The van der Waals surface area contributed by atoms with Crippen molar-refractivity contribution in [2.75, 3.05) is 0 Å². The normalized spacial score (nSPS) is 12.9. The number of hydrogen-bond donors (Lipinski definition) is 1. The van der Waals surface area contributed by atoms with Crippen molar-refractivity contribution < 1.29 is 13.9 Å². The molecule has 3 heteroatoms. The third-order valence-electron chi connectivity index (χ3n) is 0.534. The molecule has 0 heterocycles. The van der Waals surface area contributed by atoms with Gasteiger partial charge in [0.05, 0.1) is 0 Å². The molecule has 0 aromatic carbocycles. The van der Waals surface area contributed by atoms with Crippen LogP contribution in [-0.4, -0.2) is 17.1 Å². The molecule has 0 aliphatic heterocycles. The largest absolute Gasteiger partial charge is 0.385 e. The van der Waals surface area contributed by atoms with Gasteiger partial charge in [-0.2, -0.15) is 0 Å². The van der Waals surface area contributed by atoms with E-state index in [1.54, 1.807) is 0 Å². The third kappa shape index (κ3) is 2.51. The van der Waals surface area contributed by atoms with Gasteiger partial charge in [-0.15, -0.1) is 0 Å². The fourth-order valence-electron chi connectivity index (χ4n) is 0. The molecule has 0 rings (SSSR count). The first-order chi connectivity index (χ1) is 2.94. The zero-order valence-electron chi connectivity index (χ0n) is 4.28. The van der Waals surface area contributed by atoms with Gasteiger partial charge in [-0.1, -0.05) is 0 Å². The van der Waals surface area contributed by atoms with Crippen LogP contribution in [0.25, 0.3) is 0 Å². The summed E-state index contributed by atoms with van der Waals surface area (Å²) < 4.78 is 22.6. The van der Waals surface area contributed by atoms with Gasteiger partial charge in [0, 0.05) is 0 Å². The van der Waals surface area contributed by atoms with E-state index in [1.165, 1.54) is 0 Å². The summed E-state index contributed by atoms with van der Waals surface area (Å²) in [5.74, 6) is 0. The van der Waals surface area contributed by atoms with Gasteiger partial charge in [0.15, 0.2) is 0 Å². The average molecular weight is 110 g/mol. The molecule has 1 nitrogen and oxygen atoms in total. The van der Waals surface area contributed by atoms with E-state index >= 15 is 0 Å². The van der Waals surface area contributed by atoms with Crippen molar-refractivity contribution >= 4 is 0 Å². The van der Waals surface area contributed by atoms with Crippen molar-refractivity contribution in [1.82, 2.24) is 0 Å². The van der Waals surface area contributed by atoms with Crippen molar-refractivity contribution in [2.45, 2.75) is 25.9 Å². The summed E-state index contributed by atoms with van der Waals surface area (Å²) in [6, 6.07) is 0. The number of halogens is 2. The highest BCUT2D eigenvalue weighted by Crippen LogP contribution is 2.11. The molecule has 7 heavy (non-hydrogen) atoms. The second kappa shape index (κ2) is 1.74. The number of aliphatic hydroxyl groups is 1. The molecular formula is C4H8F2O. The van der Waals surface area contributed by atoms with Crippen LogP contribution in [0.2, 0.25) is 0 Å². The zero-order valence-corrected chi connectivity index (χ0v) is 4.28. The van der Waals surface area contributed by atoms with E-state index in [1.807, 2.05) is 0 Å². The average Bonchev–Trinajstić information content (AvgIpc) is 1.31. The second-order valence-electron chi connectivity index (χ2n) is 1.95. The Hall–Kier alpha value is -0.180. The van der Waals surface area contributed by atoms with Crippen LogP contribution in [-0.2, 0) is 0 Å². The Morgan fingerprint density at radius 1 is 1.43 bits per heavy atom. The van der Waals surface area contributed by atoms with Crippen LogP contribution in [0.1, 0.15) is 13.8 Å². The Morgan fingerprint density at radius 2 is 1.57 bits per heavy atom. The molecule has 0 saturated heterocycles. The Kier molecular flexibility index (Phi) is 1.69. The molecule has 0 aromatic rings. The molecule has 1 N–H and O–H groups in total. The van der Waals surface area contributed by atoms with E-state index in [4.69, 9.17) is 5.11 Å². The van der Waals surface area contributed by atoms with E-state index in [9.17, 15) is 8.78 Å². The van der Waals surface area contributed by atoms with Crippen molar-refractivity contribution in [3.63, 3.8) is 0 Å². The van der Waals surface area contributed by atoms with E-state index in [2.05, 4.69) is 0 Å². The molecule has 0 aliphatic rings. The molecule has 0 spiro atoms. The first-order valence-corrected chi connectivity index (χ1v) is 1.95. The fraction of sp³-hybridized carbons (Fsp3) is 1.00. The monoisotopic (exact) mass is 110 g/mol. The third-order valence-corrected chi connectivity index (χ3v) is 0.534. The van der Waals surface area contributed by atoms with Crippen LogP contribution in [0.15, 0.2) is 0 Å². The molecule has 0 aliphatic carbocycles. The maximum Gasteiger partial charge on any atom is 0.266 e. The topological polar surface area (TPSA) is 20.2 Å². The predicted octanol–water partition coefficient (Wildman–Crippen LogP) is 1.02. The summed E-state index contributed by atoms with van der Waals surface area (Å²) in [7, 11) is 0. The van der Waals surface area contributed by atoms with Crippen LogP contribution in [0.5, 0.6) is 0 Å². The van der Waals surface area contributed by atoms with E-state index in [0.717, 1.165) is 13.8 Å². The van der Waals surface area contributed by atoms with Gasteiger partial charge in [-0.05, 0) is 13.8 Å². The summed E-state index contributed by atoms with van der Waals surface area (Å²) in [6.45, 7) is 2.13. The quantitative estimate of drug-likeness (QED) is 0.534. The molecule has 0 fully saturated rings. The van der Waals surface area contributed by atoms with Crippen LogP contribution in [0.3, 0.4) is 0 Å². The summed E-state index contributed by atoms with van der Waals surface area (Å²) in [5, 5.41) is 8.34. The Labute approximate surface area is 41.0 Å². The maximum atomic E-state index is 11.3. The molecule has 0 amide bonds. The van der Waals surface area contributed by atoms with Gasteiger partial charge in [-0.25, -0.2) is 8.78 Å². The van der Waals surface area contributed by atoms with Gasteiger partial charge in [-0.3, -0.25) is 0 Å². The highest BCUT2D eigenvalue weighted by molar-refractivity contribution is 4.66. The van der Waals surface area contributed by atoms with Crippen LogP contribution in [0, 0.1) is 0 Å². The van der Waals surface area contributed by atoms with Crippen molar-refractivity contribution in [3.05, 3.63) is 0 Å². The number of hydrogen-bond acceptors (Lipinski definition) is 1. The lowest BCUT2D eigenvalue weighted by atomic mass is 10.2. The van der Waals surface area contributed by atoms with Gasteiger partial charge >= 0.3 is 0 Å². The lowest BCUT2D eigenvalue weighted by Crippen LogP contribution is -2.28. The minimum Gasteiger partial charge on any atom is -0.385 e. The maximum absolute atomic E-state index is 11.3. The van der Waals surface area contributed by atoms with E-state index in [-0.39, 0.29) is 0 Å². The second-order valence-corrected chi connectivity index (χ2v) is 1.95. The minimum atomic E-state index is -2.65. The molecule has 44 valence electrons. The Bertz CT molecular complexity index is 55.2. The van der Waals surface area contributed by atoms with Crippen molar-refractivity contribution in [2.24, 2.45) is 0 Å². The molecule has 0 aromatic heterocycles. The van der Waals surface area contributed by atoms with E-state index in [0.29, 0.717) is 0 Å². The number of rotatable bonds is 1. The van der Waals surface area contributed by atoms with Crippen LogP contribution < -0.4 is 0 Å². The van der Waals surface area contributed by atoms with Gasteiger partial charge in [0.25, 0.3) is 6.43 Å². The first kappa shape index (κ1) is 6.82. The number of alkyl halides is 2. The molecule has 0 saturated carbocycles. The molecule has 0 unspecified atom stereocenters. The Balaban J connectivity index is 3.54. The molecule has 0 atom stereocenters. The van der Waals surface area contributed by atoms with Gasteiger partial charge in [0.2, 0.25) is 0 Å². The highest BCUT2D eigenvalue weighted by Gasteiger charge is 2.24. The van der Waals surface area contributed by atoms with Gasteiger partial charge < -0.3 is 5.11 Å². The zero-order chi connectivity index (χ0) is 6.08. The van der Waals surface area contributed by atoms with Gasteiger partial charge in [0.1, 0.15) is 5.60 Å². The summed E-state index contributed by atoms with van der Waals surface area (Å²) in [5.41, 5.74) is -1.83. The van der Waals surface area contributed by atoms with Crippen molar-refractivity contribution in [3.8, 4) is 0 Å². The first-order valence-electron chi connectivity index (χ1n) is 1.95. The summed E-state index contributed by atoms with van der Waals surface area (Å²) in [6.07, 6.45) is -2.65. The molecule has 0 radical (unpaired) electrons. The van der Waals surface area contributed by atoms with Crippen molar-refractivity contribution in [1.29, 1.82) is 0 Å². The Morgan fingerprint density at radius 3 is 1.57 bits per heavy atom. The predicted molar refractivity (Wildman–Crippen MR) is 22.3 cm³/mol. The summed E-state index contributed by atoms with van der Waals surface area (Å²) in [4.78, 5) is 0. The smallest absolute Gasteiger partial charge is 0.266 e. The van der Waals surface area contributed by atoms with E-state index < -0.39 is 12.0 Å². The standard InChI is InChI=1S/C4H8F2O/c1-4(2,7)3(5)6/h3,7H,1-2H3. The molecule has 0 bridgehead atoms. The SMILES string of the molecule is CC(C)(O)C(F)F. The van der Waals surface area contributed by atoms with Crippen LogP contribution in [0.4, 0.5) is 8.78 Å². The van der Waals surface area contributed by atoms with Crippen LogP contribution >= 0.6 is 0 Å². The minimum absolute atomic E-state index is 1.07. The molecular weight excluding hydrogens is 102 g/mol. The highest BCUT2D eigenvalue weighted by atomic mass is 19.3.